The van der Waals surface area contributed by atoms with Gasteiger partial charge in [-0.25, -0.2) is 0 Å². The van der Waals surface area contributed by atoms with E-state index in [1.54, 1.807) is 0 Å². The molecule has 1 heterocycles. The third kappa shape index (κ3) is 2.83. The third-order valence-corrected chi connectivity index (χ3v) is 6.40. The first-order chi connectivity index (χ1) is 6.05. The first kappa shape index (κ1) is 12.7. The molecule has 0 amide bonds. The van der Waals surface area contributed by atoms with Crippen LogP contribution in [0.1, 0.15) is 48.5 Å². The van der Waals surface area contributed by atoms with Gasteiger partial charge in [-0.1, -0.05) is 21.6 Å². The fourth-order valence-electron chi connectivity index (χ4n) is 1.78. The van der Waals surface area contributed by atoms with Crippen molar-refractivity contribution in [1.29, 1.82) is 0 Å². The average Bonchev–Trinajstić information content (AvgIpc) is 2.10. The molecule has 0 spiro atoms. The molecule has 84 valence electrons. The van der Waals surface area contributed by atoms with Crippen LogP contribution in [0, 0.1) is 0 Å². The summed E-state index contributed by atoms with van der Waals surface area (Å²) in [6.45, 7) is 15.5. The van der Waals surface area contributed by atoms with Crippen molar-refractivity contribution in [2.75, 3.05) is 0 Å². The number of ether oxygens (including phenoxy) is 1. The molecule has 0 N–H and O–H groups in total. The molecular formula is C11H22OS2. The van der Waals surface area contributed by atoms with Crippen LogP contribution in [-0.4, -0.2) is 21.2 Å². The monoisotopic (exact) mass is 234 g/mol. The summed E-state index contributed by atoms with van der Waals surface area (Å²) in [6.07, 6.45) is 0.310. The summed E-state index contributed by atoms with van der Waals surface area (Å²) in [5, 5.41) is 0. The van der Waals surface area contributed by atoms with Gasteiger partial charge in [0.05, 0.1) is 11.7 Å². The molecule has 1 aliphatic rings. The second kappa shape index (κ2) is 3.60. The van der Waals surface area contributed by atoms with Crippen molar-refractivity contribution in [3.63, 3.8) is 0 Å². The van der Waals surface area contributed by atoms with E-state index >= 15 is 0 Å². The van der Waals surface area contributed by atoms with Crippen LogP contribution in [0.4, 0.5) is 0 Å². The highest BCUT2D eigenvalue weighted by atomic mass is 33.1. The zero-order chi connectivity index (χ0) is 11.2. The van der Waals surface area contributed by atoms with Gasteiger partial charge in [-0.15, -0.1) is 0 Å². The van der Waals surface area contributed by atoms with E-state index in [1.807, 2.05) is 21.6 Å². The highest BCUT2D eigenvalue weighted by molar-refractivity contribution is 8.78. The average molecular weight is 234 g/mol. The summed E-state index contributed by atoms with van der Waals surface area (Å²) in [6, 6.07) is 0. The predicted molar refractivity (Wildman–Crippen MR) is 68.0 cm³/mol. The van der Waals surface area contributed by atoms with Gasteiger partial charge >= 0.3 is 0 Å². The maximum atomic E-state index is 6.19. The summed E-state index contributed by atoms with van der Waals surface area (Å²) in [7, 11) is 3.89. The Morgan fingerprint density at radius 3 is 1.57 bits per heavy atom. The van der Waals surface area contributed by atoms with E-state index in [0.717, 1.165) is 0 Å². The van der Waals surface area contributed by atoms with Crippen LogP contribution in [0.5, 0.6) is 0 Å². The van der Waals surface area contributed by atoms with Crippen LogP contribution < -0.4 is 0 Å². The number of rotatable bonds is 1. The molecule has 0 aromatic rings. The van der Waals surface area contributed by atoms with E-state index in [-0.39, 0.29) is 15.1 Å². The Morgan fingerprint density at radius 1 is 0.929 bits per heavy atom. The zero-order valence-corrected chi connectivity index (χ0v) is 11.9. The second-order valence-electron chi connectivity index (χ2n) is 5.98. The maximum Gasteiger partial charge on any atom is 0.0881 e. The largest absolute Gasteiger partial charge is 0.370 e. The molecule has 0 aromatic carbocycles. The lowest BCUT2D eigenvalue weighted by atomic mass is 9.93. The van der Waals surface area contributed by atoms with E-state index in [0.29, 0.717) is 6.10 Å². The minimum absolute atomic E-state index is 0.0509. The van der Waals surface area contributed by atoms with Gasteiger partial charge in [0.1, 0.15) is 0 Å². The van der Waals surface area contributed by atoms with E-state index in [4.69, 9.17) is 4.74 Å². The third-order valence-electron chi connectivity index (χ3n) is 2.21. The summed E-state index contributed by atoms with van der Waals surface area (Å²) in [4.78, 5) is 0. The maximum absolute atomic E-state index is 6.19. The Balaban J connectivity index is 2.82. The zero-order valence-electron chi connectivity index (χ0n) is 10.3. The van der Waals surface area contributed by atoms with Crippen LogP contribution in [0.15, 0.2) is 0 Å². The molecule has 0 unspecified atom stereocenters. The fraction of sp³-hybridized carbons (Fsp3) is 1.00. The van der Waals surface area contributed by atoms with Gasteiger partial charge in [-0.3, -0.25) is 0 Å². The molecule has 0 aromatic heterocycles. The Labute approximate surface area is 96.1 Å². The van der Waals surface area contributed by atoms with E-state index in [1.165, 1.54) is 0 Å². The first-order valence-corrected chi connectivity index (χ1v) is 7.24. The molecule has 1 aliphatic heterocycles. The van der Waals surface area contributed by atoms with Gasteiger partial charge in [-0.05, 0) is 48.5 Å². The molecule has 0 bridgehead atoms. The van der Waals surface area contributed by atoms with Crippen molar-refractivity contribution in [2.24, 2.45) is 0 Å². The lowest BCUT2D eigenvalue weighted by Crippen LogP contribution is -2.47. The molecule has 3 heteroatoms. The lowest BCUT2D eigenvalue weighted by Gasteiger charge is -2.37. The van der Waals surface area contributed by atoms with Crippen molar-refractivity contribution in [2.45, 2.75) is 69.7 Å². The van der Waals surface area contributed by atoms with E-state index in [2.05, 4.69) is 48.5 Å². The smallest absolute Gasteiger partial charge is 0.0881 e. The van der Waals surface area contributed by atoms with Crippen LogP contribution in [-0.2, 0) is 4.74 Å². The molecule has 1 rings (SSSR count). The molecule has 14 heavy (non-hydrogen) atoms. The summed E-state index contributed by atoms with van der Waals surface area (Å²) < 4.78 is 6.61. The topological polar surface area (TPSA) is 9.23 Å². The number of hydrogen-bond acceptors (Lipinski definition) is 3. The quantitative estimate of drug-likeness (QED) is 0.632. The minimum atomic E-state index is -0.0509. The highest BCUT2D eigenvalue weighted by Gasteiger charge is 2.51. The predicted octanol–water partition coefficient (Wildman–Crippen LogP) is 4.12. The Kier molecular flexibility index (Phi) is 3.27. The van der Waals surface area contributed by atoms with Crippen molar-refractivity contribution in [3.05, 3.63) is 0 Å². The van der Waals surface area contributed by atoms with Gasteiger partial charge in [0.15, 0.2) is 0 Å². The van der Waals surface area contributed by atoms with Gasteiger partial charge in [0, 0.05) is 9.49 Å². The van der Waals surface area contributed by atoms with Crippen molar-refractivity contribution in [3.8, 4) is 0 Å². The second-order valence-corrected chi connectivity index (χ2v) is 9.42. The minimum Gasteiger partial charge on any atom is -0.370 e. The molecule has 0 radical (unpaired) electrons. The van der Waals surface area contributed by atoms with Gasteiger partial charge in [0.25, 0.3) is 0 Å². The standard InChI is InChI=1S/C11H22OS2/c1-9(2,3)12-8-10(4,5)13-14-11(8,6)7/h8H,1-7H3. The molecule has 1 nitrogen and oxygen atoms in total. The Morgan fingerprint density at radius 2 is 1.29 bits per heavy atom. The van der Waals surface area contributed by atoms with E-state index in [9.17, 15) is 0 Å². The lowest BCUT2D eigenvalue weighted by molar-refractivity contribution is -0.0818. The fourth-order valence-corrected chi connectivity index (χ4v) is 4.95. The van der Waals surface area contributed by atoms with Gasteiger partial charge in [0.2, 0.25) is 0 Å². The summed E-state index contributed by atoms with van der Waals surface area (Å²) >= 11 is 0. The Bertz CT molecular complexity index is 200. The summed E-state index contributed by atoms with van der Waals surface area (Å²) in [5.41, 5.74) is -0.0509. The van der Waals surface area contributed by atoms with Crippen molar-refractivity contribution >= 4 is 21.6 Å². The van der Waals surface area contributed by atoms with Gasteiger partial charge in [-0.2, -0.15) is 0 Å². The Hall–Kier alpha value is 0.660. The highest BCUT2D eigenvalue weighted by Crippen LogP contribution is 2.58. The molecule has 0 aliphatic carbocycles. The van der Waals surface area contributed by atoms with Crippen molar-refractivity contribution < 1.29 is 4.74 Å². The van der Waals surface area contributed by atoms with Crippen molar-refractivity contribution in [1.82, 2.24) is 0 Å². The molecular weight excluding hydrogens is 212 g/mol. The van der Waals surface area contributed by atoms with Crippen LogP contribution >= 0.6 is 21.6 Å². The molecule has 1 fully saturated rings. The molecule has 0 atom stereocenters. The van der Waals surface area contributed by atoms with Gasteiger partial charge < -0.3 is 4.74 Å². The first-order valence-electron chi connectivity index (χ1n) is 5.09. The van der Waals surface area contributed by atoms with E-state index < -0.39 is 0 Å². The van der Waals surface area contributed by atoms with Crippen LogP contribution in [0.3, 0.4) is 0 Å². The normalized spacial score (nSPS) is 26.8. The molecule has 0 saturated carbocycles. The molecule has 1 saturated heterocycles. The summed E-state index contributed by atoms with van der Waals surface area (Å²) in [5.74, 6) is 0. The number of hydrogen-bond donors (Lipinski definition) is 0. The van der Waals surface area contributed by atoms with Crippen LogP contribution in [0.2, 0.25) is 0 Å². The SMILES string of the molecule is CC(C)(C)OC1C(C)(C)SSC1(C)C. The van der Waals surface area contributed by atoms with Crippen LogP contribution in [0.25, 0.3) is 0 Å².